The van der Waals surface area contributed by atoms with Crippen molar-refractivity contribution in [1.29, 1.82) is 0 Å². The molecule has 0 radical (unpaired) electrons. The van der Waals surface area contributed by atoms with Gasteiger partial charge in [0.2, 0.25) is 0 Å². The summed E-state index contributed by atoms with van der Waals surface area (Å²) in [4.78, 5) is 23.2. The molecule has 64 valence electrons. The summed E-state index contributed by atoms with van der Waals surface area (Å²) >= 11 is 0. The molecule has 0 aliphatic carbocycles. The minimum Gasteiger partial charge on any atom is -0.545 e. The number of aromatic amines is 1. The largest absolute Gasteiger partial charge is 1.00 e. The van der Waals surface area contributed by atoms with Crippen LogP contribution in [-0.4, -0.2) is 16.1 Å². The van der Waals surface area contributed by atoms with Crippen molar-refractivity contribution in [2.24, 2.45) is 0 Å². The Morgan fingerprint density at radius 1 is 1.62 bits per heavy atom. The summed E-state index contributed by atoms with van der Waals surface area (Å²) in [6.07, 6.45) is 1.02. The van der Waals surface area contributed by atoms with Gasteiger partial charge in [-0.2, -0.15) is 0 Å². The van der Waals surface area contributed by atoms with Crippen molar-refractivity contribution in [3.63, 3.8) is 0 Å². The summed E-state index contributed by atoms with van der Waals surface area (Å²) in [7, 11) is 0. The number of aliphatic hydroxyl groups is 1. The Kier molecular flexibility index (Phi) is 4.49. The molecule has 0 atom stereocenters. The van der Waals surface area contributed by atoms with E-state index in [4.69, 9.17) is 5.11 Å². The smallest absolute Gasteiger partial charge is 0.545 e. The first-order chi connectivity index (χ1) is 5.65. The molecule has 1 rings (SSSR count). The van der Waals surface area contributed by atoms with Gasteiger partial charge >= 0.3 is 18.9 Å². The number of H-pyrrole nitrogens is 1. The molecule has 5 nitrogen and oxygen atoms in total. The van der Waals surface area contributed by atoms with Crippen molar-refractivity contribution in [2.75, 3.05) is 0 Å². The molecule has 0 aliphatic heterocycles. The van der Waals surface area contributed by atoms with Gasteiger partial charge in [-0.3, -0.25) is 4.79 Å². The van der Waals surface area contributed by atoms with Crippen molar-refractivity contribution in [1.82, 2.24) is 4.98 Å². The fourth-order valence-corrected chi connectivity index (χ4v) is 0.766. The van der Waals surface area contributed by atoms with Gasteiger partial charge in [0.25, 0.3) is 5.56 Å². The van der Waals surface area contributed by atoms with Gasteiger partial charge in [0.15, 0.2) is 0 Å². The maximum Gasteiger partial charge on any atom is 1.00 e. The quantitative estimate of drug-likeness (QED) is 0.441. The summed E-state index contributed by atoms with van der Waals surface area (Å²) < 4.78 is 0. The Morgan fingerprint density at radius 2 is 2.23 bits per heavy atom. The SMILES string of the molecule is O=C([O-])c1c[nH]c(=O)c(CO)c1.[Li+]. The van der Waals surface area contributed by atoms with Crippen LogP contribution in [0.1, 0.15) is 15.9 Å². The molecule has 0 saturated heterocycles. The molecule has 6 heteroatoms. The predicted octanol–water partition coefficient (Wildman–Crippen LogP) is -4.77. The van der Waals surface area contributed by atoms with E-state index in [0.29, 0.717) is 0 Å². The Hall–Kier alpha value is -1.02. The Bertz CT molecular complexity index is 360. The summed E-state index contributed by atoms with van der Waals surface area (Å²) in [6.45, 7) is -0.490. The van der Waals surface area contributed by atoms with Crippen molar-refractivity contribution >= 4 is 5.97 Å². The molecule has 2 N–H and O–H groups in total. The molecule has 1 aromatic rings. The van der Waals surface area contributed by atoms with Gasteiger partial charge in [0, 0.05) is 17.3 Å². The number of carboxylic acids is 1. The molecular weight excluding hydrogens is 169 g/mol. The second-order valence-electron chi connectivity index (χ2n) is 2.19. The summed E-state index contributed by atoms with van der Waals surface area (Å²) in [5.41, 5.74) is -0.641. The van der Waals surface area contributed by atoms with E-state index in [-0.39, 0.29) is 30.0 Å². The number of carboxylic acid groups (broad SMARTS) is 1. The van der Waals surface area contributed by atoms with E-state index >= 15 is 0 Å². The maximum atomic E-state index is 10.8. The number of carbonyl (C=O) groups is 1. The topological polar surface area (TPSA) is 93.2 Å². The van der Waals surface area contributed by atoms with Crippen molar-refractivity contribution < 1.29 is 33.9 Å². The average molecular weight is 175 g/mol. The third kappa shape index (κ3) is 2.74. The van der Waals surface area contributed by atoms with Gasteiger partial charge in [-0.25, -0.2) is 0 Å². The number of carbonyl (C=O) groups excluding carboxylic acids is 1. The zero-order valence-corrected chi connectivity index (χ0v) is 7.03. The minimum absolute atomic E-state index is 0. The number of aromatic carboxylic acids is 1. The van der Waals surface area contributed by atoms with Crippen LogP contribution in [0.5, 0.6) is 0 Å². The van der Waals surface area contributed by atoms with Crippen LogP contribution in [0.15, 0.2) is 17.1 Å². The summed E-state index contributed by atoms with van der Waals surface area (Å²) in [5.74, 6) is -1.39. The van der Waals surface area contributed by atoms with Crippen LogP contribution >= 0.6 is 0 Å². The van der Waals surface area contributed by atoms with Crippen LogP contribution in [0, 0.1) is 0 Å². The minimum atomic E-state index is -1.39. The first-order valence-corrected chi connectivity index (χ1v) is 3.19. The van der Waals surface area contributed by atoms with Gasteiger partial charge in [0.1, 0.15) is 0 Å². The molecule has 0 aromatic carbocycles. The van der Waals surface area contributed by atoms with Crippen LogP contribution in [0.2, 0.25) is 0 Å². The van der Waals surface area contributed by atoms with Crippen LogP contribution in [0.4, 0.5) is 0 Å². The molecule has 0 amide bonds. The fraction of sp³-hybridized carbons (Fsp3) is 0.143. The maximum absolute atomic E-state index is 10.8. The van der Waals surface area contributed by atoms with E-state index in [1.54, 1.807) is 0 Å². The zero-order chi connectivity index (χ0) is 9.14. The molecule has 0 bridgehead atoms. The van der Waals surface area contributed by atoms with Crippen LogP contribution in [0.3, 0.4) is 0 Å². The molecule has 1 heterocycles. The summed E-state index contributed by atoms with van der Waals surface area (Å²) in [5, 5.41) is 18.9. The number of hydrogen-bond donors (Lipinski definition) is 2. The third-order valence-electron chi connectivity index (χ3n) is 1.39. The first-order valence-electron chi connectivity index (χ1n) is 3.19. The number of aliphatic hydroxyl groups excluding tert-OH is 1. The van der Waals surface area contributed by atoms with Crippen molar-refractivity contribution in [3.8, 4) is 0 Å². The molecule has 0 fully saturated rings. The van der Waals surface area contributed by atoms with E-state index in [0.717, 1.165) is 12.3 Å². The van der Waals surface area contributed by atoms with Gasteiger partial charge in [-0.05, 0) is 6.07 Å². The third-order valence-corrected chi connectivity index (χ3v) is 1.39. The summed E-state index contributed by atoms with van der Waals surface area (Å²) in [6, 6.07) is 1.08. The Morgan fingerprint density at radius 3 is 2.69 bits per heavy atom. The first kappa shape index (κ1) is 12.0. The Labute approximate surface area is 85.6 Å². The van der Waals surface area contributed by atoms with Crippen LogP contribution < -0.4 is 29.5 Å². The van der Waals surface area contributed by atoms with Gasteiger partial charge in [-0.15, -0.1) is 0 Å². The van der Waals surface area contributed by atoms with E-state index in [1.807, 2.05) is 0 Å². The van der Waals surface area contributed by atoms with Gasteiger partial charge in [-0.1, -0.05) is 0 Å². The van der Waals surface area contributed by atoms with Crippen LogP contribution in [0.25, 0.3) is 0 Å². The molecule has 0 aliphatic rings. The normalized spacial score (nSPS) is 9.00. The number of rotatable bonds is 2. The second-order valence-corrected chi connectivity index (χ2v) is 2.19. The zero-order valence-electron chi connectivity index (χ0n) is 7.03. The molecule has 1 aromatic heterocycles. The average Bonchev–Trinajstić information content (AvgIpc) is 2.05. The molecule has 0 unspecified atom stereocenters. The monoisotopic (exact) mass is 175 g/mol. The molecule has 0 spiro atoms. The number of hydrogen-bond acceptors (Lipinski definition) is 4. The Balaban J connectivity index is 0.00000144. The number of pyridine rings is 1. The van der Waals surface area contributed by atoms with Crippen molar-refractivity contribution in [3.05, 3.63) is 33.7 Å². The molecular formula is C7H6LiNO4. The number of nitrogens with one attached hydrogen (secondary N) is 1. The van der Waals surface area contributed by atoms with E-state index in [2.05, 4.69) is 4.98 Å². The van der Waals surface area contributed by atoms with Crippen LogP contribution in [-0.2, 0) is 6.61 Å². The number of aromatic nitrogens is 1. The van der Waals surface area contributed by atoms with Crippen molar-refractivity contribution in [2.45, 2.75) is 6.61 Å². The van der Waals surface area contributed by atoms with E-state index in [1.165, 1.54) is 0 Å². The van der Waals surface area contributed by atoms with E-state index in [9.17, 15) is 14.7 Å². The van der Waals surface area contributed by atoms with Gasteiger partial charge < -0.3 is 20.0 Å². The fourth-order valence-electron chi connectivity index (χ4n) is 0.766. The standard InChI is InChI=1S/C7H7NO4.Li/c9-3-5-1-4(7(11)12)2-8-6(5)10;/h1-2,9H,3H2,(H,8,10)(H,11,12);/q;+1/p-1. The molecule has 0 saturated carbocycles. The molecule has 13 heavy (non-hydrogen) atoms. The second kappa shape index (κ2) is 4.87. The van der Waals surface area contributed by atoms with Gasteiger partial charge in [0.05, 0.1) is 12.6 Å². The van der Waals surface area contributed by atoms with E-state index < -0.39 is 18.1 Å². The predicted molar refractivity (Wildman–Crippen MR) is 37.3 cm³/mol.